The Bertz CT molecular complexity index is 60.4. The Kier molecular flexibility index (Phi) is 3.10. The van der Waals surface area contributed by atoms with Gasteiger partial charge in [0.2, 0.25) is 0 Å². The summed E-state index contributed by atoms with van der Waals surface area (Å²) in [4.78, 5) is 0. The molecule has 0 aromatic heterocycles. The van der Waals surface area contributed by atoms with E-state index in [4.69, 9.17) is 6.92 Å². The SMILES string of the molecule is [CH]CCCC1CCCC1. The summed E-state index contributed by atoms with van der Waals surface area (Å²) in [5, 5.41) is 0. The molecule has 0 spiro atoms. The van der Waals surface area contributed by atoms with E-state index in [0.29, 0.717) is 0 Å². The Morgan fingerprint density at radius 1 is 1.22 bits per heavy atom. The molecule has 0 N–H and O–H groups in total. The summed E-state index contributed by atoms with van der Waals surface area (Å²) in [7, 11) is 0. The standard InChI is InChI=1S/C9H16/c1-2-3-6-9-7-4-5-8-9/h1,9H,2-8H2. The van der Waals surface area contributed by atoms with E-state index in [-0.39, 0.29) is 0 Å². The summed E-state index contributed by atoms with van der Waals surface area (Å²) in [6.45, 7) is 5.41. The van der Waals surface area contributed by atoms with E-state index in [0.717, 1.165) is 12.3 Å². The summed E-state index contributed by atoms with van der Waals surface area (Å²) >= 11 is 0. The highest BCUT2D eigenvalue weighted by Gasteiger charge is 2.13. The van der Waals surface area contributed by atoms with Crippen molar-refractivity contribution in [2.24, 2.45) is 5.92 Å². The van der Waals surface area contributed by atoms with Gasteiger partial charge in [0.25, 0.3) is 0 Å². The second-order valence-electron chi connectivity index (χ2n) is 3.08. The maximum atomic E-state index is 5.41. The second-order valence-corrected chi connectivity index (χ2v) is 3.08. The third kappa shape index (κ3) is 2.38. The molecule has 0 bridgehead atoms. The number of hydrogen-bond acceptors (Lipinski definition) is 0. The zero-order valence-corrected chi connectivity index (χ0v) is 6.10. The lowest BCUT2D eigenvalue weighted by atomic mass is 10.0. The van der Waals surface area contributed by atoms with Gasteiger partial charge in [-0.1, -0.05) is 38.5 Å². The van der Waals surface area contributed by atoms with Gasteiger partial charge >= 0.3 is 0 Å². The van der Waals surface area contributed by atoms with E-state index in [1.165, 1.54) is 38.5 Å². The van der Waals surface area contributed by atoms with Gasteiger partial charge in [-0.05, 0) is 19.3 Å². The first kappa shape index (κ1) is 7.11. The van der Waals surface area contributed by atoms with Gasteiger partial charge in [-0.25, -0.2) is 0 Å². The lowest BCUT2D eigenvalue weighted by Crippen LogP contribution is -1.91. The maximum absolute atomic E-state index is 5.41. The summed E-state index contributed by atoms with van der Waals surface area (Å²) < 4.78 is 0. The van der Waals surface area contributed by atoms with E-state index in [1.807, 2.05) is 0 Å². The average molecular weight is 124 g/mol. The zero-order chi connectivity index (χ0) is 6.53. The molecule has 0 aromatic carbocycles. The third-order valence-electron chi connectivity index (χ3n) is 2.29. The van der Waals surface area contributed by atoms with Crippen LogP contribution in [-0.4, -0.2) is 0 Å². The monoisotopic (exact) mass is 124 g/mol. The minimum Gasteiger partial charge on any atom is -0.0530 e. The van der Waals surface area contributed by atoms with Gasteiger partial charge in [0.1, 0.15) is 0 Å². The van der Waals surface area contributed by atoms with Crippen LogP contribution in [0.2, 0.25) is 0 Å². The summed E-state index contributed by atoms with van der Waals surface area (Å²) in [6.07, 6.45) is 9.39. The first-order valence-corrected chi connectivity index (χ1v) is 4.13. The Morgan fingerprint density at radius 3 is 2.44 bits per heavy atom. The van der Waals surface area contributed by atoms with Crippen LogP contribution in [0, 0.1) is 12.8 Å². The van der Waals surface area contributed by atoms with E-state index in [9.17, 15) is 0 Å². The summed E-state index contributed by atoms with van der Waals surface area (Å²) in [6, 6.07) is 0. The molecule has 0 saturated heterocycles. The highest BCUT2D eigenvalue weighted by molar-refractivity contribution is 4.66. The van der Waals surface area contributed by atoms with Gasteiger partial charge in [-0.2, -0.15) is 0 Å². The topological polar surface area (TPSA) is 0 Å². The van der Waals surface area contributed by atoms with E-state index in [2.05, 4.69) is 0 Å². The molecule has 0 aliphatic heterocycles. The number of rotatable bonds is 3. The van der Waals surface area contributed by atoms with Gasteiger partial charge in [0.05, 0.1) is 0 Å². The molecule has 0 atom stereocenters. The van der Waals surface area contributed by atoms with Gasteiger partial charge in [0, 0.05) is 0 Å². The molecule has 0 heterocycles. The smallest absolute Gasteiger partial charge is 0.0352 e. The lowest BCUT2D eigenvalue weighted by Gasteiger charge is -2.05. The Morgan fingerprint density at radius 2 is 1.89 bits per heavy atom. The van der Waals surface area contributed by atoms with Crippen molar-refractivity contribution in [1.82, 2.24) is 0 Å². The van der Waals surface area contributed by atoms with Crippen molar-refractivity contribution < 1.29 is 0 Å². The van der Waals surface area contributed by atoms with Crippen LogP contribution in [0.4, 0.5) is 0 Å². The van der Waals surface area contributed by atoms with Crippen LogP contribution in [0.15, 0.2) is 0 Å². The highest BCUT2D eigenvalue weighted by atomic mass is 14.2. The molecule has 1 aliphatic rings. The van der Waals surface area contributed by atoms with E-state index < -0.39 is 0 Å². The first-order valence-electron chi connectivity index (χ1n) is 4.13. The molecule has 1 aliphatic carbocycles. The Balaban J connectivity index is 1.98. The van der Waals surface area contributed by atoms with Gasteiger partial charge < -0.3 is 0 Å². The predicted octanol–water partition coefficient (Wildman–Crippen LogP) is 3.06. The van der Waals surface area contributed by atoms with Crippen LogP contribution in [0.1, 0.15) is 44.9 Å². The molecular formula is C9H16. The largest absolute Gasteiger partial charge is 0.0530 e. The third-order valence-corrected chi connectivity index (χ3v) is 2.29. The molecule has 0 amide bonds. The zero-order valence-electron chi connectivity index (χ0n) is 6.10. The van der Waals surface area contributed by atoms with Crippen LogP contribution < -0.4 is 0 Å². The molecular weight excluding hydrogens is 108 g/mol. The van der Waals surface area contributed by atoms with Gasteiger partial charge in [0.15, 0.2) is 0 Å². The van der Waals surface area contributed by atoms with Crippen molar-refractivity contribution >= 4 is 0 Å². The molecule has 0 heteroatoms. The Hall–Kier alpha value is 0. The first-order chi connectivity index (χ1) is 4.43. The van der Waals surface area contributed by atoms with Crippen molar-refractivity contribution in [1.29, 1.82) is 0 Å². The van der Waals surface area contributed by atoms with Crippen molar-refractivity contribution in [2.45, 2.75) is 44.9 Å². The molecule has 1 fully saturated rings. The van der Waals surface area contributed by atoms with Crippen LogP contribution in [0.5, 0.6) is 0 Å². The highest BCUT2D eigenvalue weighted by Crippen LogP contribution is 2.28. The van der Waals surface area contributed by atoms with Crippen LogP contribution in [-0.2, 0) is 0 Å². The number of hydrogen-bond donors (Lipinski definition) is 0. The van der Waals surface area contributed by atoms with Crippen molar-refractivity contribution in [3.8, 4) is 0 Å². The molecule has 0 aromatic rings. The second kappa shape index (κ2) is 3.92. The fourth-order valence-electron chi connectivity index (χ4n) is 1.71. The van der Waals surface area contributed by atoms with Crippen LogP contribution >= 0.6 is 0 Å². The molecule has 1 rings (SSSR count). The minimum absolute atomic E-state index is 0.885. The molecule has 1 saturated carbocycles. The van der Waals surface area contributed by atoms with E-state index in [1.54, 1.807) is 0 Å². The van der Waals surface area contributed by atoms with Crippen LogP contribution in [0.3, 0.4) is 0 Å². The average Bonchev–Trinajstić information content (AvgIpc) is 2.34. The van der Waals surface area contributed by atoms with E-state index >= 15 is 0 Å². The molecule has 9 heavy (non-hydrogen) atoms. The fraction of sp³-hybridized carbons (Fsp3) is 0.889. The quantitative estimate of drug-likeness (QED) is 0.542. The Labute approximate surface area is 58.7 Å². The summed E-state index contributed by atoms with van der Waals surface area (Å²) in [5.74, 6) is 1.04. The molecule has 2 radical (unpaired) electrons. The van der Waals surface area contributed by atoms with Crippen LogP contribution in [0.25, 0.3) is 0 Å². The molecule has 0 unspecified atom stereocenters. The predicted molar refractivity (Wildman–Crippen MR) is 40.1 cm³/mol. The van der Waals surface area contributed by atoms with Crippen molar-refractivity contribution in [2.75, 3.05) is 0 Å². The fourth-order valence-corrected chi connectivity index (χ4v) is 1.71. The van der Waals surface area contributed by atoms with Gasteiger partial charge in [-0.15, -0.1) is 0 Å². The normalized spacial score (nSPS) is 21.0. The molecule has 52 valence electrons. The van der Waals surface area contributed by atoms with Crippen molar-refractivity contribution in [3.05, 3.63) is 6.92 Å². The van der Waals surface area contributed by atoms with Crippen molar-refractivity contribution in [3.63, 3.8) is 0 Å². The lowest BCUT2D eigenvalue weighted by molar-refractivity contribution is 0.486. The maximum Gasteiger partial charge on any atom is -0.0352 e. The minimum atomic E-state index is 0.885. The van der Waals surface area contributed by atoms with Gasteiger partial charge in [-0.3, -0.25) is 0 Å². The molecule has 0 nitrogen and oxygen atoms in total. The number of unbranched alkanes of at least 4 members (excludes halogenated alkanes) is 1. The summed E-state index contributed by atoms with van der Waals surface area (Å²) in [5.41, 5.74) is 0.